The highest BCUT2D eigenvalue weighted by molar-refractivity contribution is 8.00. The molecule has 3 heteroatoms. The van der Waals surface area contributed by atoms with Gasteiger partial charge in [-0.2, -0.15) is 11.8 Å². The second kappa shape index (κ2) is 5.32. The highest BCUT2D eigenvalue weighted by Gasteiger charge is 2.42. The molecule has 1 aromatic carbocycles. The van der Waals surface area contributed by atoms with Crippen LogP contribution in [0.1, 0.15) is 32.3 Å². The van der Waals surface area contributed by atoms with Crippen LogP contribution in [0.2, 0.25) is 0 Å². The monoisotopic (exact) mass is 252 g/mol. The molecule has 0 bridgehead atoms. The lowest BCUT2D eigenvalue weighted by Gasteiger charge is -2.29. The standard InChI is InChI=1S/C14H20O2S/c1-3-9-16-13-7-5-4-6-12(13)14(15)8-10-17-11(14)2/h4-7,11,15H,3,8-10H2,1-2H3. The van der Waals surface area contributed by atoms with Gasteiger partial charge in [0.1, 0.15) is 11.4 Å². The van der Waals surface area contributed by atoms with Gasteiger partial charge >= 0.3 is 0 Å². The highest BCUT2D eigenvalue weighted by Crippen LogP contribution is 2.45. The maximum absolute atomic E-state index is 10.8. The predicted octanol–water partition coefficient (Wildman–Crippen LogP) is 3.19. The predicted molar refractivity (Wildman–Crippen MR) is 72.7 cm³/mol. The first kappa shape index (κ1) is 12.8. The third kappa shape index (κ3) is 2.45. The number of aliphatic hydroxyl groups is 1. The summed E-state index contributed by atoms with van der Waals surface area (Å²) in [5, 5.41) is 11.0. The van der Waals surface area contributed by atoms with Gasteiger partial charge in [-0.3, -0.25) is 0 Å². The van der Waals surface area contributed by atoms with E-state index >= 15 is 0 Å². The van der Waals surface area contributed by atoms with Crippen molar-refractivity contribution in [1.29, 1.82) is 0 Å². The van der Waals surface area contributed by atoms with Gasteiger partial charge in [0.15, 0.2) is 0 Å². The third-order valence-electron chi connectivity index (χ3n) is 3.34. The highest BCUT2D eigenvalue weighted by atomic mass is 32.2. The SMILES string of the molecule is CCCOc1ccccc1C1(O)CCSC1C. The molecular weight excluding hydrogens is 232 g/mol. The third-order valence-corrected chi connectivity index (χ3v) is 4.67. The molecule has 1 fully saturated rings. The molecule has 1 aromatic rings. The normalized spacial score (nSPS) is 28.3. The molecule has 2 unspecified atom stereocenters. The van der Waals surface area contributed by atoms with Crippen molar-refractivity contribution in [3.8, 4) is 5.75 Å². The van der Waals surface area contributed by atoms with Gasteiger partial charge in [0.25, 0.3) is 0 Å². The van der Waals surface area contributed by atoms with E-state index in [-0.39, 0.29) is 5.25 Å². The van der Waals surface area contributed by atoms with Crippen LogP contribution in [0.4, 0.5) is 0 Å². The Morgan fingerprint density at radius 3 is 2.88 bits per heavy atom. The van der Waals surface area contributed by atoms with Crippen LogP contribution in [-0.4, -0.2) is 22.7 Å². The molecule has 1 heterocycles. The van der Waals surface area contributed by atoms with Crippen LogP contribution in [0.5, 0.6) is 5.75 Å². The summed E-state index contributed by atoms with van der Waals surface area (Å²) in [6, 6.07) is 7.89. The van der Waals surface area contributed by atoms with E-state index in [1.807, 2.05) is 36.0 Å². The summed E-state index contributed by atoms with van der Waals surface area (Å²) < 4.78 is 5.74. The molecule has 2 nitrogen and oxygen atoms in total. The van der Waals surface area contributed by atoms with Gasteiger partial charge in [0.05, 0.1) is 6.61 Å². The number of hydrogen-bond donors (Lipinski definition) is 1. The quantitative estimate of drug-likeness (QED) is 0.892. The minimum absolute atomic E-state index is 0.230. The summed E-state index contributed by atoms with van der Waals surface area (Å²) in [5.74, 6) is 1.85. The second-order valence-electron chi connectivity index (χ2n) is 4.53. The van der Waals surface area contributed by atoms with Crippen molar-refractivity contribution in [1.82, 2.24) is 0 Å². The average molecular weight is 252 g/mol. The first-order valence-electron chi connectivity index (χ1n) is 6.24. The van der Waals surface area contributed by atoms with Crippen LogP contribution in [0.3, 0.4) is 0 Å². The van der Waals surface area contributed by atoms with Gasteiger partial charge in [-0.25, -0.2) is 0 Å². The summed E-state index contributed by atoms with van der Waals surface area (Å²) in [4.78, 5) is 0. The Kier molecular flexibility index (Phi) is 4.00. The Balaban J connectivity index is 2.30. The van der Waals surface area contributed by atoms with Gasteiger partial charge < -0.3 is 9.84 Å². The van der Waals surface area contributed by atoms with E-state index in [1.165, 1.54) is 0 Å². The number of benzene rings is 1. The van der Waals surface area contributed by atoms with Crippen molar-refractivity contribution in [2.75, 3.05) is 12.4 Å². The Bertz CT molecular complexity index is 380. The van der Waals surface area contributed by atoms with E-state index in [0.29, 0.717) is 6.61 Å². The lowest BCUT2D eigenvalue weighted by Crippen LogP contribution is -2.32. The average Bonchev–Trinajstić information content (AvgIpc) is 2.68. The Labute approximate surface area is 107 Å². The molecule has 1 aliphatic rings. The molecule has 94 valence electrons. The smallest absolute Gasteiger partial charge is 0.125 e. The van der Waals surface area contributed by atoms with Crippen LogP contribution in [0.25, 0.3) is 0 Å². The summed E-state index contributed by atoms with van der Waals surface area (Å²) in [6.07, 6.45) is 1.79. The van der Waals surface area contributed by atoms with Crippen LogP contribution in [0, 0.1) is 0 Å². The van der Waals surface area contributed by atoms with Gasteiger partial charge in [-0.1, -0.05) is 32.0 Å². The zero-order valence-corrected chi connectivity index (χ0v) is 11.3. The molecule has 2 rings (SSSR count). The lowest BCUT2D eigenvalue weighted by atomic mass is 9.88. The zero-order valence-electron chi connectivity index (χ0n) is 10.5. The number of para-hydroxylation sites is 1. The van der Waals surface area contributed by atoms with Crippen molar-refractivity contribution in [2.24, 2.45) is 0 Å². The van der Waals surface area contributed by atoms with Crippen molar-refractivity contribution < 1.29 is 9.84 Å². The summed E-state index contributed by atoms with van der Waals surface area (Å²) in [5.41, 5.74) is 0.223. The fraction of sp³-hybridized carbons (Fsp3) is 0.571. The minimum Gasteiger partial charge on any atom is -0.493 e. The van der Waals surface area contributed by atoms with E-state index in [9.17, 15) is 5.11 Å². The molecular formula is C14H20O2S. The van der Waals surface area contributed by atoms with Crippen LogP contribution in [-0.2, 0) is 5.60 Å². The summed E-state index contributed by atoms with van der Waals surface area (Å²) in [6.45, 7) is 4.88. The Hall–Kier alpha value is -0.670. The van der Waals surface area contributed by atoms with E-state index < -0.39 is 5.60 Å². The molecule has 0 spiro atoms. The molecule has 1 aliphatic heterocycles. The lowest BCUT2D eigenvalue weighted by molar-refractivity contribution is 0.0395. The van der Waals surface area contributed by atoms with Crippen molar-refractivity contribution >= 4 is 11.8 Å². The van der Waals surface area contributed by atoms with Crippen molar-refractivity contribution in [3.63, 3.8) is 0 Å². The van der Waals surface area contributed by atoms with Crippen LogP contribution >= 0.6 is 11.8 Å². The minimum atomic E-state index is -0.727. The van der Waals surface area contributed by atoms with Gasteiger partial charge in [0, 0.05) is 10.8 Å². The Morgan fingerprint density at radius 1 is 1.47 bits per heavy atom. The van der Waals surface area contributed by atoms with E-state index in [1.54, 1.807) is 0 Å². The molecule has 0 amide bonds. The summed E-state index contributed by atoms with van der Waals surface area (Å²) in [7, 11) is 0. The molecule has 0 aliphatic carbocycles. The fourth-order valence-electron chi connectivity index (χ4n) is 2.25. The number of thioether (sulfide) groups is 1. The number of ether oxygens (including phenoxy) is 1. The summed E-state index contributed by atoms with van der Waals surface area (Å²) >= 11 is 1.83. The molecule has 0 aromatic heterocycles. The fourth-order valence-corrected chi connectivity index (χ4v) is 3.55. The topological polar surface area (TPSA) is 29.5 Å². The van der Waals surface area contributed by atoms with E-state index in [0.717, 1.165) is 29.9 Å². The van der Waals surface area contributed by atoms with Gasteiger partial charge in [0.2, 0.25) is 0 Å². The van der Waals surface area contributed by atoms with Crippen LogP contribution < -0.4 is 4.74 Å². The molecule has 0 saturated carbocycles. The molecule has 0 radical (unpaired) electrons. The zero-order chi connectivity index (χ0) is 12.3. The van der Waals surface area contributed by atoms with Gasteiger partial charge in [-0.15, -0.1) is 0 Å². The molecule has 1 N–H and O–H groups in total. The molecule has 2 atom stereocenters. The van der Waals surface area contributed by atoms with Crippen molar-refractivity contribution in [3.05, 3.63) is 29.8 Å². The number of rotatable bonds is 4. The first-order valence-corrected chi connectivity index (χ1v) is 7.29. The molecule has 1 saturated heterocycles. The molecule has 17 heavy (non-hydrogen) atoms. The van der Waals surface area contributed by atoms with E-state index in [2.05, 4.69) is 13.8 Å². The Morgan fingerprint density at radius 2 is 2.24 bits per heavy atom. The van der Waals surface area contributed by atoms with Gasteiger partial charge in [-0.05, 0) is 24.7 Å². The largest absolute Gasteiger partial charge is 0.493 e. The second-order valence-corrected chi connectivity index (χ2v) is 5.98. The van der Waals surface area contributed by atoms with Crippen molar-refractivity contribution in [2.45, 2.75) is 37.5 Å². The number of hydrogen-bond acceptors (Lipinski definition) is 3. The maximum Gasteiger partial charge on any atom is 0.125 e. The first-order chi connectivity index (χ1) is 8.18. The van der Waals surface area contributed by atoms with Crippen LogP contribution in [0.15, 0.2) is 24.3 Å². The van der Waals surface area contributed by atoms with E-state index in [4.69, 9.17) is 4.74 Å². The maximum atomic E-state index is 10.8.